The van der Waals surface area contributed by atoms with Crippen LogP contribution in [0.15, 0.2) is 30.3 Å². The predicted molar refractivity (Wildman–Crippen MR) is 82.8 cm³/mol. The molecule has 1 aromatic rings. The molecule has 0 aliphatic rings. The lowest BCUT2D eigenvalue weighted by atomic mass is 10.2. The van der Waals surface area contributed by atoms with E-state index in [-0.39, 0.29) is 12.5 Å². The summed E-state index contributed by atoms with van der Waals surface area (Å²) in [5.74, 6) is -0.293. The van der Waals surface area contributed by atoms with E-state index in [1.807, 2.05) is 44.2 Å². The van der Waals surface area contributed by atoms with Crippen molar-refractivity contribution in [3.05, 3.63) is 35.9 Å². The number of hydrogen-bond donors (Lipinski definition) is 1. The van der Waals surface area contributed by atoms with Crippen molar-refractivity contribution in [1.82, 2.24) is 10.4 Å². The van der Waals surface area contributed by atoms with Crippen molar-refractivity contribution in [2.75, 3.05) is 13.6 Å². The van der Waals surface area contributed by atoms with Crippen LogP contribution in [0.2, 0.25) is 0 Å². The summed E-state index contributed by atoms with van der Waals surface area (Å²) in [5, 5.41) is 1.33. The number of esters is 1. The molecule has 1 atom stereocenters. The first-order chi connectivity index (χ1) is 10.4. The van der Waals surface area contributed by atoms with Crippen molar-refractivity contribution in [3.8, 4) is 0 Å². The van der Waals surface area contributed by atoms with Crippen LogP contribution in [0.1, 0.15) is 26.3 Å². The summed E-state index contributed by atoms with van der Waals surface area (Å²) in [6.45, 7) is 6.10. The summed E-state index contributed by atoms with van der Waals surface area (Å²) in [5.41, 5.74) is 3.62. The summed E-state index contributed by atoms with van der Waals surface area (Å²) in [6.07, 6.45) is -1.56. The third-order valence-corrected chi connectivity index (χ3v) is 2.87. The van der Waals surface area contributed by atoms with E-state index >= 15 is 0 Å². The fraction of sp³-hybridized carbons (Fsp3) is 0.500. The second-order valence-corrected chi connectivity index (χ2v) is 5.35. The van der Waals surface area contributed by atoms with Crippen LogP contribution in [0.4, 0.5) is 4.79 Å². The molecule has 0 bridgehead atoms. The minimum absolute atomic E-state index is 0.156. The first kappa shape index (κ1) is 18.0. The standard InChI is InChI=1S/C16H24N2O4/c1-12(2)10-18(17-4)16(20)22-13(3)15(19)21-11-14-8-6-5-7-9-14/h5-9,12-13,17H,10-11H2,1-4H3/t13-/m1/s1. The second-order valence-electron chi connectivity index (χ2n) is 5.35. The highest BCUT2D eigenvalue weighted by molar-refractivity contribution is 5.78. The van der Waals surface area contributed by atoms with Crippen molar-refractivity contribution in [3.63, 3.8) is 0 Å². The Balaban J connectivity index is 2.44. The lowest BCUT2D eigenvalue weighted by molar-refractivity contribution is -0.154. The molecule has 1 rings (SSSR count). The van der Waals surface area contributed by atoms with Gasteiger partial charge in [-0.3, -0.25) is 0 Å². The highest BCUT2D eigenvalue weighted by Gasteiger charge is 2.23. The Morgan fingerprint density at radius 2 is 1.82 bits per heavy atom. The number of nitrogens with one attached hydrogen (secondary N) is 1. The molecule has 6 nitrogen and oxygen atoms in total. The molecule has 0 spiro atoms. The van der Waals surface area contributed by atoms with Gasteiger partial charge in [0.2, 0.25) is 0 Å². The predicted octanol–water partition coefficient (Wildman–Crippen LogP) is 2.35. The SMILES string of the molecule is CNN(CC(C)C)C(=O)O[C@H](C)C(=O)OCc1ccccc1. The van der Waals surface area contributed by atoms with Gasteiger partial charge in [-0.2, -0.15) is 0 Å². The number of hydrogen-bond acceptors (Lipinski definition) is 5. The van der Waals surface area contributed by atoms with Crippen LogP contribution in [0.5, 0.6) is 0 Å². The molecule has 0 aromatic heterocycles. The molecule has 1 aromatic carbocycles. The van der Waals surface area contributed by atoms with Gasteiger partial charge in [0.25, 0.3) is 0 Å². The quantitative estimate of drug-likeness (QED) is 0.618. The molecule has 0 aliphatic carbocycles. The average Bonchev–Trinajstić information content (AvgIpc) is 2.50. The van der Waals surface area contributed by atoms with Crippen molar-refractivity contribution < 1.29 is 19.1 Å². The molecule has 1 amide bonds. The number of nitrogens with zero attached hydrogens (tertiary/aromatic N) is 1. The van der Waals surface area contributed by atoms with Crippen LogP contribution in [-0.2, 0) is 20.9 Å². The molecule has 0 saturated carbocycles. The molecule has 0 aliphatic heterocycles. The van der Waals surface area contributed by atoms with Crippen molar-refractivity contribution in [1.29, 1.82) is 0 Å². The summed E-state index contributed by atoms with van der Waals surface area (Å²) < 4.78 is 10.2. The number of carbonyl (C=O) groups excluding carboxylic acids is 2. The second kappa shape index (κ2) is 9.04. The number of ether oxygens (including phenoxy) is 2. The molecule has 0 heterocycles. The van der Waals surface area contributed by atoms with E-state index in [0.29, 0.717) is 6.54 Å². The topological polar surface area (TPSA) is 67.9 Å². The average molecular weight is 308 g/mol. The van der Waals surface area contributed by atoms with Crippen LogP contribution in [0.25, 0.3) is 0 Å². The Kier molecular flexibility index (Phi) is 7.39. The van der Waals surface area contributed by atoms with E-state index in [2.05, 4.69) is 5.43 Å². The number of rotatable bonds is 7. The Morgan fingerprint density at radius 3 is 2.36 bits per heavy atom. The molecular weight excluding hydrogens is 284 g/mol. The van der Waals surface area contributed by atoms with Gasteiger partial charge >= 0.3 is 12.1 Å². The normalized spacial score (nSPS) is 11.9. The molecule has 0 radical (unpaired) electrons. The first-order valence-electron chi connectivity index (χ1n) is 7.30. The Hall–Kier alpha value is -2.08. The van der Waals surface area contributed by atoms with Gasteiger partial charge in [-0.1, -0.05) is 44.2 Å². The van der Waals surface area contributed by atoms with Crippen LogP contribution >= 0.6 is 0 Å². The van der Waals surface area contributed by atoms with Gasteiger partial charge < -0.3 is 9.47 Å². The van der Waals surface area contributed by atoms with Crippen molar-refractivity contribution >= 4 is 12.1 Å². The van der Waals surface area contributed by atoms with Gasteiger partial charge in [0.15, 0.2) is 6.10 Å². The zero-order chi connectivity index (χ0) is 16.5. The highest BCUT2D eigenvalue weighted by Crippen LogP contribution is 2.05. The van der Waals surface area contributed by atoms with E-state index in [1.165, 1.54) is 11.9 Å². The van der Waals surface area contributed by atoms with E-state index in [0.717, 1.165) is 5.56 Å². The smallest absolute Gasteiger partial charge is 0.425 e. The maximum Gasteiger partial charge on any atom is 0.425 e. The number of hydrazine groups is 1. The summed E-state index contributed by atoms with van der Waals surface area (Å²) >= 11 is 0. The number of carbonyl (C=O) groups is 2. The monoisotopic (exact) mass is 308 g/mol. The zero-order valence-electron chi connectivity index (χ0n) is 13.5. The van der Waals surface area contributed by atoms with E-state index in [4.69, 9.17) is 9.47 Å². The third-order valence-electron chi connectivity index (χ3n) is 2.87. The Labute approximate surface area is 131 Å². The Morgan fingerprint density at radius 1 is 1.18 bits per heavy atom. The van der Waals surface area contributed by atoms with Gasteiger partial charge in [-0.25, -0.2) is 20.0 Å². The van der Waals surface area contributed by atoms with Crippen LogP contribution in [-0.4, -0.2) is 36.8 Å². The van der Waals surface area contributed by atoms with Crippen LogP contribution < -0.4 is 5.43 Å². The first-order valence-corrected chi connectivity index (χ1v) is 7.30. The number of amides is 1. The maximum atomic E-state index is 11.9. The molecule has 0 fully saturated rings. The minimum atomic E-state index is -0.959. The lowest BCUT2D eigenvalue weighted by Gasteiger charge is -2.24. The van der Waals surface area contributed by atoms with Gasteiger partial charge in [-0.05, 0) is 18.4 Å². The van der Waals surface area contributed by atoms with Gasteiger partial charge in [-0.15, -0.1) is 0 Å². The molecule has 122 valence electrons. The zero-order valence-corrected chi connectivity index (χ0v) is 13.5. The van der Waals surface area contributed by atoms with Gasteiger partial charge in [0.05, 0.1) is 0 Å². The minimum Gasteiger partial charge on any atom is -0.458 e. The molecule has 0 unspecified atom stereocenters. The van der Waals surface area contributed by atoms with Gasteiger partial charge in [0, 0.05) is 13.6 Å². The largest absolute Gasteiger partial charge is 0.458 e. The molecule has 1 N–H and O–H groups in total. The molecule has 22 heavy (non-hydrogen) atoms. The summed E-state index contributed by atoms with van der Waals surface area (Å²) in [4.78, 5) is 23.8. The lowest BCUT2D eigenvalue weighted by Crippen LogP contribution is -2.45. The van der Waals surface area contributed by atoms with Crippen LogP contribution in [0.3, 0.4) is 0 Å². The van der Waals surface area contributed by atoms with Crippen molar-refractivity contribution in [2.24, 2.45) is 5.92 Å². The summed E-state index contributed by atoms with van der Waals surface area (Å²) in [6, 6.07) is 9.33. The number of benzene rings is 1. The van der Waals surface area contributed by atoms with Gasteiger partial charge in [0.1, 0.15) is 6.61 Å². The van der Waals surface area contributed by atoms with E-state index in [1.54, 1.807) is 7.05 Å². The fourth-order valence-corrected chi connectivity index (χ4v) is 1.73. The van der Waals surface area contributed by atoms with E-state index < -0.39 is 18.2 Å². The fourth-order valence-electron chi connectivity index (χ4n) is 1.73. The van der Waals surface area contributed by atoms with Crippen molar-refractivity contribution in [2.45, 2.75) is 33.5 Å². The third kappa shape index (κ3) is 6.13. The highest BCUT2D eigenvalue weighted by atomic mass is 16.6. The molecular formula is C16H24N2O4. The Bertz CT molecular complexity index is 476. The summed E-state index contributed by atoms with van der Waals surface area (Å²) in [7, 11) is 1.63. The van der Waals surface area contributed by atoms with E-state index in [9.17, 15) is 9.59 Å². The maximum absolute atomic E-state index is 11.9. The molecule has 6 heteroatoms. The van der Waals surface area contributed by atoms with Crippen LogP contribution in [0, 0.1) is 5.92 Å². The molecule has 0 saturated heterocycles.